The lowest BCUT2D eigenvalue weighted by atomic mass is 10.1. The summed E-state index contributed by atoms with van der Waals surface area (Å²) >= 11 is 0. The quantitative estimate of drug-likeness (QED) is 0.683. The molecule has 3 nitrogen and oxygen atoms in total. The van der Waals surface area contributed by atoms with E-state index in [-0.39, 0.29) is 18.2 Å². The van der Waals surface area contributed by atoms with E-state index >= 15 is 0 Å². The van der Waals surface area contributed by atoms with E-state index < -0.39 is 0 Å². The third kappa shape index (κ3) is 2.27. The van der Waals surface area contributed by atoms with E-state index in [1.807, 2.05) is 0 Å². The average molecular weight is 189 g/mol. The molecular weight excluding hydrogens is 178 g/mol. The van der Waals surface area contributed by atoms with Crippen molar-refractivity contribution in [1.82, 2.24) is 5.32 Å². The molecule has 2 N–H and O–H groups in total. The van der Waals surface area contributed by atoms with E-state index in [1.54, 1.807) is 19.1 Å². The standard InChI is InChI=1S/C11H11NO2/c1-3-6-12-11(14)9-4-5-10(13)8(2)7-9/h1,4-5,7,13H,6H2,2H3,(H,12,14). The van der Waals surface area contributed by atoms with Gasteiger partial charge in [0.1, 0.15) is 5.75 Å². The van der Waals surface area contributed by atoms with Crippen molar-refractivity contribution >= 4 is 5.91 Å². The zero-order valence-electron chi connectivity index (χ0n) is 7.87. The average Bonchev–Trinajstić information content (AvgIpc) is 2.18. The highest BCUT2D eigenvalue weighted by molar-refractivity contribution is 5.94. The van der Waals surface area contributed by atoms with Crippen molar-refractivity contribution in [3.05, 3.63) is 29.3 Å². The Kier molecular flexibility index (Phi) is 3.14. The van der Waals surface area contributed by atoms with Gasteiger partial charge in [-0.1, -0.05) is 5.92 Å². The molecule has 1 rings (SSSR count). The Bertz CT molecular complexity index is 391. The van der Waals surface area contributed by atoms with E-state index in [0.29, 0.717) is 11.1 Å². The fourth-order valence-electron chi connectivity index (χ4n) is 1.03. The molecule has 0 radical (unpaired) electrons. The van der Waals surface area contributed by atoms with E-state index in [0.717, 1.165) is 0 Å². The third-order valence-electron chi connectivity index (χ3n) is 1.81. The van der Waals surface area contributed by atoms with Gasteiger partial charge in [0.25, 0.3) is 5.91 Å². The molecule has 0 atom stereocenters. The van der Waals surface area contributed by atoms with Gasteiger partial charge in [-0.25, -0.2) is 0 Å². The highest BCUT2D eigenvalue weighted by atomic mass is 16.3. The zero-order valence-corrected chi connectivity index (χ0v) is 7.87. The third-order valence-corrected chi connectivity index (χ3v) is 1.81. The Balaban J connectivity index is 2.82. The van der Waals surface area contributed by atoms with Crippen molar-refractivity contribution in [3.8, 4) is 18.1 Å². The van der Waals surface area contributed by atoms with Gasteiger partial charge in [0.15, 0.2) is 0 Å². The maximum Gasteiger partial charge on any atom is 0.252 e. The number of terminal acetylenes is 1. The van der Waals surface area contributed by atoms with Gasteiger partial charge in [0.05, 0.1) is 6.54 Å². The van der Waals surface area contributed by atoms with Crippen LogP contribution in [0.3, 0.4) is 0 Å². The highest BCUT2D eigenvalue weighted by Crippen LogP contribution is 2.16. The fourth-order valence-corrected chi connectivity index (χ4v) is 1.03. The van der Waals surface area contributed by atoms with Gasteiger partial charge in [-0.15, -0.1) is 6.42 Å². The first-order valence-electron chi connectivity index (χ1n) is 4.16. The van der Waals surface area contributed by atoms with Crippen LogP contribution in [0.5, 0.6) is 5.75 Å². The second kappa shape index (κ2) is 4.33. The van der Waals surface area contributed by atoms with Gasteiger partial charge in [0, 0.05) is 5.56 Å². The lowest BCUT2D eigenvalue weighted by molar-refractivity contribution is 0.0958. The molecule has 0 saturated heterocycles. The first-order valence-corrected chi connectivity index (χ1v) is 4.16. The summed E-state index contributed by atoms with van der Waals surface area (Å²) in [5.74, 6) is 2.26. The number of rotatable bonds is 2. The van der Waals surface area contributed by atoms with Crippen molar-refractivity contribution in [2.24, 2.45) is 0 Å². The summed E-state index contributed by atoms with van der Waals surface area (Å²) in [6, 6.07) is 4.65. The molecule has 1 amide bonds. The molecular formula is C11H11NO2. The number of benzene rings is 1. The molecule has 0 fully saturated rings. The summed E-state index contributed by atoms with van der Waals surface area (Å²) in [4.78, 5) is 11.4. The molecule has 0 aliphatic rings. The second-order valence-corrected chi connectivity index (χ2v) is 2.89. The van der Waals surface area contributed by atoms with Crippen molar-refractivity contribution in [2.75, 3.05) is 6.54 Å². The summed E-state index contributed by atoms with van der Waals surface area (Å²) in [6.07, 6.45) is 5.00. The van der Waals surface area contributed by atoms with E-state index in [1.165, 1.54) is 6.07 Å². The second-order valence-electron chi connectivity index (χ2n) is 2.89. The Morgan fingerprint density at radius 3 is 2.93 bits per heavy atom. The van der Waals surface area contributed by atoms with Gasteiger partial charge >= 0.3 is 0 Å². The Morgan fingerprint density at radius 1 is 1.64 bits per heavy atom. The largest absolute Gasteiger partial charge is 0.508 e. The minimum atomic E-state index is -0.231. The van der Waals surface area contributed by atoms with Crippen LogP contribution in [0.15, 0.2) is 18.2 Å². The number of carbonyl (C=O) groups is 1. The van der Waals surface area contributed by atoms with Crippen LogP contribution < -0.4 is 5.32 Å². The molecule has 0 saturated carbocycles. The Hall–Kier alpha value is -1.95. The number of hydrogen-bond acceptors (Lipinski definition) is 2. The topological polar surface area (TPSA) is 49.3 Å². The molecule has 0 spiro atoms. The lowest BCUT2D eigenvalue weighted by Crippen LogP contribution is -2.23. The molecule has 0 unspecified atom stereocenters. The van der Waals surface area contributed by atoms with Gasteiger partial charge in [-0.2, -0.15) is 0 Å². The van der Waals surface area contributed by atoms with Crippen LogP contribution in [0.25, 0.3) is 0 Å². The molecule has 0 aromatic heterocycles. The van der Waals surface area contributed by atoms with E-state index in [9.17, 15) is 9.90 Å². The van der Waals surface area contributed by atoms with Crippen molar-refractivity contribution < 1.29 is 9.90 Å². The van der Waals surface area contributed by atoms with Crippen LogP contribution in [0.1, 0.15) is 15.9 Å². The summed E-state index contributed by atoms with van der Waals surface area (Å²) in [6.45, 7) is 1.94. The number of phenols is 1. The van der Waals surface area contributed by atoms with Crippen molar-refractivity contribution in [1.29, 1.82) is 0 Å². The Labute approximate surface area is 82.8 Å². The minimum absolute atomic E-state index is 0.179. The monoisotopic (exact) mass is 189 g/mol. The summed E-state index contributed by atoms with van der Waals surface area (Å²) < 4.78 is 0. The number of aryl methyl sites for hydroxylation is 1. The first kappa shape index (κ1) is 10.1. The number of nitrogens with one attached hydrogen (secondary N) is 1. The normalized spacial score (nSPS) is 9.14. The predicted molar refractivity (Wildman–Crippen MR) is 54.0 cm³/mol. The van der Waals surface area contributed by atoms with E-state index in [2.05, 4.69) is 11.2 Å². The number of aromatic hydroxyl groups is 1. The summed E-state index contributed by atoms with van der Waals surface area (Å²) in [5.41, 5.74) is 1.16. The number of carbonyl (C=O) groups excluding carboxylic acids is 1. The number of phenolic OH excluding ortho intramolecular Hbond substituents is 1. The molecule has 0 aliphatic heterocycles. The molecule has 72 valence electrons. The molecule has 1 aromatic carbocycles. The molecule has 0 bridgehead atoms. The van der Waals surface area contributed by atoms with Crippen molar-refractivity contribution in [2.45, 2.75) is 6.92 Å². The molecule has 0 heterocycles. The number of hydrogen-bond donors (Lipinski definition) is 2. The van der Waals surface area contributed by atoms with Gasteiger partial charge in [-0.3, -0.25) is 4.79 Å². The minimum Gasteiger partial charge on any atom is -0.508 e. The molecule has 3 heteroatoms. The van der Waals surface area contributed by atoms with Crippen LogP contribution >= 0.6 is 0 Å². The number of amides is 1. The maximum atomic E-state index is 11.4. The fraction of sp³-hybridized carbons (Fsp3) is 0.182. The van der Waals surface area contributed by atoms with E-state index in [4.69, 9.17) is 6.42 Å². The van der Waals surface area contributed by atoms with Crippen LogP contribution in [-0.4, -0.2) is 17.6 Å². The lowest BCUT2D eigenvalue weighted by Gasteiger charge is -2.03. The summed E-state index contributed by atoms with van der Waals surface area (Å²) in [7, 11) is 0. The first-order chi connectivity index (χ1) is 6.65. The van der Waals surface area contributed by atoms with Gasteiger partial charge in [-0.05, 0) is 30.7 Å². The smallest absolute Gasteiger partial charge is 0.252 e. The molecule has 0 aliphatic carbocycles. The van der Waals surface area contributed by atoms with Crippen LogP contribution in [0, 0.1) is 19.3 Å². The van der Waals surface area contributed by atoms with Crippen LogP contribution in [-0.2, 0) is 0 Å². The highest BCUT2D eigenvalue weighted by Gasteiger charge is 2.05. The molecule has 14 heavy (non-hydrogen) atoms. The molecule has 1 aromatic rings. The van der Waals surface area contributed by atoms with Crippen LogP contribution in [0.2, 0.25) is 0 Å². The Morgan fingerprint density at radius 2 is 2.36 bits per heavy atom. The van der Waals surface area contributed by atoms with Crippen molar-refractivity contribution in [3.63, 3.8) is 0 Å². The van der Waals surface area contributed by atoms with Crippen LogP contribution in [0.4, 0.5) is 0 Å². The SMILES string of the molecule is C#CCNC(=O)c1ccc(O)c(C)c1. The van der Waals surface area contributed by atoms with Gasteiger partial charge < -0.3 is 10.4 Å². The maximum absolute atomic E-state index is 11.4. The zero-order chi connectivity index (χ0) is 10.6. The summed E-state index contributed by atoms with van der Waals surface area (Å²) in [5, 5.41) is 11.8. The predicted octanol–water partition coefficient (Wildman–Crippen LogP) is 1.06. The van der Waals surface area contributed by atoms with Gasteiger partial charge in [0.2, 0.25) is 0 Å².